The quantitative estimate of drug-likeness (QED) is 0.515. The van der Waals surface area contributed by atoms with Gasteiger partial charge in [0.05, 0.1) is 7.11 Å². The molecule has 2 unspecified atom stereocenters. The highest BCUT2D eigenvalue weighted by Gasteiger charge is 2.37. The summed E-state index contributed by atoms with van der Waals surface area (Å²) in [6.07, 6.45) is 2.12. The van der Waals surface area contributed by atoms with Crippen molar-refractivity contribution in [2.45, 2.75) is 38.8 Å². The lowest BCUT2D eigenvalue weighted by Crippen LogP contribution is -2.56. The van der Waals surface area contributed by atoms with Gasteiger partial charge >= 0.3 is 5.97 Å². The van der Waals surface area contributed by atoms with Crippen LogP contribution in [0.4, 0.5) is 0 Å². The number of esters is 1. The Morgan fingerprint density at radius 1 is 1.67 bits per heavy atom. The van der Waals surface area contributed by atoms with Crippen molar-refractivity contribution in [2.75, 3.05) is 25.2 Å². The van der Waals surface area contributed by atoms with E-state index in [0.717, 1.165) is 19.4 Å². The number of carbonyl (C=O) groups is 1. The van der Waals surface area contributed by atoms with E-state index in [2.05, 4.69) is 18.7 Å². The minimum Gasteiger partial charge on any atom is -0.468 e. The summed E-state index contributed by atoms with van der Waals surface area (Å²) in [6, 6.07) is 0.526. The fourth-order valence-corrected chi connectivity index (χ4v) is 2.68. The Labute approximate surface area is 96.5 Å². The second-order valence-corrected chi connectivity index (χ2v) is 5.29. The van der Waals surface area contributed by atoms with Crippen molar-refractivity contribution in [1.82, 2.24) is 4.90 Å². The van der Waals surface area contributed by atoms with Crippen molar-refractivity contribution >= 4 is 17.7 Å². The zero-order valence-corrected chi connectivity index (χ0v) is 10.7. The minimum absolute atomic E-state index is 0.0247. The molecule has 3 nitrogen and oxygen atoms in total. The van der Waals surface area contributed by atoms with E-state index in [0.29, 0.717) is 6.04 Å². The van der Waals surface area contributed by atoms with Crippen LogP contribution < -0.4 is 0 Å². The molecule has 1 aliphatic rings. The predicted molar refractivity (Wildman–Crippen MR) is 64.2 cm³/mol. The summed E-state index contributed by atoms with van der Waals surface area (Å²) in [4.78, 5) is 13.6. The summed E-state index contributed by atoms with van der Waals surface area (Å²) in [5.74, 6) is 2.28. The van der Waals surface area contributed by atoms with Crippen LogP contribution in [0.2, 0.25) is 0 Å². The number of methoxy groups -OCH3 is 1. The van der Waals surface area contributed by atoms with Gasteiger partial charge in [-0.2, -0.15) is 11.8 Å². The first-order valence-electron chi connectivity index (χ1n) is 5.62. The van der Waals surface area contributed by atoms with Gasteiger partial charge in [0.15, 0.2) is 0 Å². The molecule has 0 radical (unpaired) electrons. The van der Waals surface area contributed by atoms with E-state index in [4.69, 9.17) is 4.74 Å². The second kappa shape index (κ2) is 6.38. The Morgan fingerprint density at radius 2 is 2.40 bits per heavy atom. The molecule has 1 aliphatic heterocycles. The maximum Gasteiger partial charge on any atom is 0.323 e. The van der Waals surface area contributed by atoms with Crippen LogP contribution in [-0.2, 0) is 9.53 Å². The highest BCUT2D eigenvalue weighted by Crippen LogP contribution is 2.23. The number of carbonyl (C=O) groups excluding carboxylic acids is 1. The van der Waals surface area contributed by atoms with E-state index < -0.39 is 0 Å². The van der Waals surface area contributed by atoms with Crippen LogP contribution in [0.5, 0.6) is 0 Å². The molecular formula is C11H21NO2S. The zero-order chi connectivity index (χ0) is 11.3. The molecule has 0 aromatic rings. The standard InChI is InChI=1S/C11H21NO2S/c1-4-15-8-6-9(2)12-7-5-10(12)11(13)14-3/h9-10H,4-8H2,1-3H3. The van der Waals surface area contributed by atoms with Crippen molar-refractivity contribution in [3.8, 4) is 0 Å². The second-order valence-electron chi connectivity index (χ2n) is 3.90. The maximum absolute atomic E-state index is 11.4. The van der Waals surface area contributed by atoms with Crippen LogP contribution in [0.15, 0.2) is 0 Å². The average molecular weight is 231 g/mol. The average Bonchev–Trinajstić information content (AvgIpc) is 2.16. The topological polar surface area (TPSA) is 29.5 Å². The van der Waals surface area contributed by atoms with Crippen LogP contribution in [0.25, 0.3) is 0 Å². The summed E-state index contributed by atoms with van der Waals surface area (Å²) in [5.41, 5.74) is 0. The molecule has 0 N–H and O–H groups in total. The number of thioether (sulfide) groups is 1. The molecule has 0 bridgehead atoms. The minimum atomic E-state index is -0.0729. The number of nitrogens with zero attached hydrogens (tertiary/aromatic N) is 1. The van der Waals surface area contributed by atoms with E-state index in [1.165, 1.54) is 18.6 Å². The van der Waals surface area contributed by atoms with Gasteiger partial charge in [0.1, 0.15) is 6.04 Å². The number of rotatable bonds is 6. The molecule has 0 amide bonds. The molecule has 0 aromatic carbocycles. The normalized spacial score (nSPS) is 23.3. The Morgan fingerprint density at radius 3 is 2.87 bits per heavy atom. The maximum atomic E-state index is 11.4. The van der Waals surface area contributed by atoms with Gasteiger partial charge in [0, 0.05) is 12.6 Å². The van der Waals surface area contributed by atoms with Crippen molar-refractivity contribution < 1.29 is 9.53 Å². The lowest BCUT2D eigenvalue weighted by atomic mass is 9.99. The molecule has 4 heteroatoms. The highest BCUT2D eigenvalue weighted by molar-refractivity contribution is 7.99. The molecule has 88 valence electrons. The van der Waals surface area contributed by atoms with Crippen LogP contribution in [0, 0.1) is 0 Å². The third kappa shape index (κ3) is 3.38. The van der Waals surface area contributed by atoms with Gasteiger partial charge in [-0.15, -0.1) is 0 Å². The fourth-order valence-electron chi connectivity index (χ4n) is 1.89. The smallest absolute Gasteiger partial charge is 0.323 e. The van der Waals surface area contributed by atoms with Gasteiger partial charge < -0.3 is 4.74 Å². The van der Waals surface area contributed by atoms with E-state index in [-0.39, 0.29) is 12.0 Å². The van der Waals surface area contributed by atoms with Gasteiger partial charge in [0.2, 0.25) is 0 Å². The molecule has 0 saturated carbocycles. The molecule has 1 fully saturated rings. The zero-order valence-electron chi connectivity index (χ0n) is 9.86. The monoisotopic (exact) mass is 231 g/mol. The Kier molecular flexibility index (Phi) is 5.47. The van der Waals surface area contributed by atoms with Gasteiger partial charge in [0.25, 0.3) is 0 Å². The van der Waals surface area contributed by atoms with E-state index in [1.807, 2.05) is 11.8 Å². The van der Waals surface area contributed by atoms with Crippen LogP contribution in [-0.4, -0.2) is 48.1 Å². The number of hydrogen-bond donors (Lipinski definition) is 0. The fraction of sp³-hybridized carbons (Fsp3) is 0.909. The Balaban J connectivity index is 2.27. The van der Waals surface area contributed by atoms with E-state index in [1.54, 1.807) is 0 Å². The van der Waals surface area contributed by atoms with E-state index >= 15 is 0 Å². The van der Waals surface area contributed by atoms with Crippen molar-refractivity contribution in [3.63, 3.8) is 0 Å². The summed E-state index contributed by atoms with van der Waals surface area (Å²) in [6.45, 7) is 5.42. The number of likely N-dealkylation sites (tertiary alicyclic amines) is 1. The molecule has 1 heterocycles. The van der Waals surface area contributed by atoms with Crippen LogP contribution in [0.3, 0.4) is 0 Å². The summed E-state index contributed by atoms with van der Waals surface area (Å²) < 4.78 is 4.77. The first-order chi connectivity index (χ1) is 7.20. The van der Waals surface area contributed by atoms with Gasteiger partial charge in [-0.25, -0.2) is 0 Å². The summed E-state index contributed by atoms with van der Waals surface area (Å²) in [7, 11) is 1.47. The van der Waals surface area contributed by atoms with Gasteiger partial charge in [-0.3, -0.25) is 9.69 Å². The molecule has 1 rings (SSSR count). The Bertz CT molecular complexity index is 211. The molecule has 2 atom stereocenters. The van der Waals surface area contributed by atoms with Crippen molar-refractivity contribution in [1.29, 1.82) is 0 Å². The lowest BCUT2D eigenvalue weighted by Gasteiger charge is -2.43. The summed E-state index contributed by atoms with van der Waals surface area (Å²) >= 11 is 1.96. The lowest BCUT2D eigenvalue weighted by molar-refractivity contribution is -0.153. The molecule has 0 spiro atoms. The largest absolute Gasteiger partial charge is 0.468 e. The van der Waals surface area contributed by atoms with Gasteiger partial charge in [-0.05, 0) is 31.3 Å². The molecule has 0 aromatic heterocycles. The van der Waals surface area contributed by atoms with Gasteiger partial charge in [-0.1, -0.05) is 6.92 Å². The first-order valence-corrected chi connectivity index (χ1v) is 6.77. The number of ether oxygens (including phenoxy) is 1. The summed E-state index contributed by atoms with van der Waals surface area (Å²) in [5, 5.41) is 0. The molecule has 0 aliphatic carbocycles. The molecule has 15 heavy (non-hydrogen) atoms. The first kappa shape index (κ1) is 12.8. The number of hydrogen-bond acceptors (Lipinski definition) is 4. The SMILES string of the molecule is CCSCCC(C)N1CCC1C(=O)OC. The van der Waals surface area contributed by atoms with E-state index in [9.17, 15) is 4.79 Å². The van der Waals surface area contributed by atoms with Crippen LogP contribution in [0.1, 0.15) is 26.7 Å². The Hall–Kier alpha value is -0.220. The van der Waals surface area contributed by atoms with Crippen molar-refractivity contribution in [2.24, 2.45) is 0 Å². The highest BCUT2D eigenvalue weighted by atomic mass is 32.2. The third-order valence-corrected chi connectivity index (χ3v) is 3.92. The molecular weight excluding hydrogens is 210 g/mol. The van der Waals surface area contributed by atoms with Crippen LogP contribution >= 0.6 is 11.8 Å². The third-order valence-electron chi connectivity index (χ3n) is 2.98. The predicted octanol–water partition coefficient (Wildman–Crippen LogP) is 1.77. The van der Waals surface area contributed by atoms with Crippen molar-refractivity contribution in [3.05, 3.63) is 0 Å². The molecule has 1 saturated heterocycles.